The molecule has 2 aromatic heterocycles. The van der Waals surface area contributed by atoms with Crippen LogP contribution in [0, 0.1) is 15.2 Å². The van der Waals surface area contributed by atoms with Crippen LogP contribution in [-0.2, 0) is 20.0 Å². The highest BCUT2D eigenvalue weighted by Gasteiger charge is 2.67. The zero-order chi connectivity index (χ0) is 22.4. The average molecular weight is 567 g/mol. The van der Waals surface area contributed by atoms with Gasteiger partial charge in [0.2, 0.25) is 0 Å². The van der Waals surface area contributed by atoms with Crippen molar-refractivity contribution >= 4 is 50.4 Å². The number of nitrogens with zero attached hydrogens (tertiary/aromatic N) is 2. The predicted octanol–water partition coefficient (Wildman–Crippen LogP) is 5.12. The van der Waals surface area contributed by atoms with Crippen LogP contribution in [0.2, 0.25) is 0 Å². The summed E-state index contributed by atoms with van der Waals surface area (Å²) in [6, 6.07) is 14.1. The smallest absolute Gasteiger partial charge is 0.326 e. The molecule has 1 aromatic carbocycles. The van der Waals surface area contributed by atoms with E-state index in [9.17, 15) is 4.79 Å². The Bertz CT molecular complexity index is 1170. The lowest BCUT2D eigenvalue weighted by molar-refractivity contribution is -0.158. The third-order valence-corrected chi connectivity index (χ3v) is 8.68. The highest BCUT2D eigenvalue weighted by Crippen LogP contribution is 2.58. The molecule has 8 heteroatoms. The van der Waals surface area contributed by atoms with E-state index in [0.717, 1.165) is 18.3 Å². The van der Waals surface area contributed by atoms with Gasteiger partial charge in [0.25, 0.3) is 0 Å². The molecule has 0 bridgehead atoms. The Labute approximate surface area is 203 Å². The van der Waals surface area contributed by atoms with E-state index in [-0.39, 0.29) is 17.8 Å². The second kappa shape index (κ2) is 8.41. The van der Waals surface area contributed by atoms with Gasteiger partial charge in [0, 0.05) is 12.1 Å². The molecule has 0 saturated heterocycles. The molecule has 164 valence electrons. The SMILES string of the molecule is C#[S-](N[C@@]1(C(=O)OC(C)(C)C)C(C)[C@@H]1c1ccccc1)c1ccc(-n2cc(I)cn2)s1. The third-order valence-electron chi connectivity index (χ3n) is 5.33. The number of carbonyl (C=O) groups excluding carboxylic acids is 1. The number of rotatable bonds is 4. The second-order valence-electron chi connectivity index (χ2n) is 8.68. The molecule has 1 fully saturated rings. The van der Waals surface area contributed by atoms with Crippen LogP contribution in [0.1, 0.15) is 39.2 Å². The van der Waals surface area contributed by atoms with Crippen molar-refractivity contribution < 1.29 is 9.53 Å². The summed E-state index contributed by atoms with van der Waals surface area (Å²) in [5, 5.41) is 5.35. The largest absolute Gasteiger partial charge is 0.459 e. The van der Waals surface area contributed by atoms with Crippen molar-refractivity contribution in [3.8, 4) is 10.7 Å². The van der Waals surface area contributed by atoms with Crippen molar-refractivity contribution in [2.24, 2.45) is 5.92 Å². The van der Waals surface area contributed by atoms with Crippen LogP contribution in [0.25, 0.3) is 5.00 Å². The lowest BCUT2D eigenvalue weighted by Crippen LogP contribution is -2.46. The average Bonchev–Trinajstić information content (AvgIpc) is 3.09. The zero-order valence-corrected chi connectivity index (χ0v) is 21.6. The van der Waals surface area contributed by atoms with E-state index in [0.29, 0.717) is 0 Å². The molecular formula is C23H25IN3O2S2-. The highest BCUT2D eigenvalue weighted by atomic mass is 127. The number of esters is 1. The van der Waals surface area contributed by atoms with Gasteiger partial charge in [-0.3, -0.25) is 4.79 Å². The van der Waals surface area contributed by atoms with Gasteiger partial charge in [-0.25, -0.2) is 4.68 Å². The number of nitrogens with one attached hydrogen (secondary N) is 1. The van der Waals surface area contributed by atoms with Crippen LogP contribution < -0.4 is 4.72 Å². The van der Waals surface area contributed by atoms with Gasteiger partial charge < -0.3 is 25.6 Å². The summed E-state index contributed by atoms with van der Waals surface area (Å²) < 4.78 is 13.2. The van der Waals surface area contributed by atoms with Gasteiger partial charge >= 0.3 is 5.97 Å². The normalized spacial score (nSPS) is 23.1. The number of hydrogen-bond acceptors (Lipinski definition) is 6. The first-order valence-electron chi connectivity index (χ1n) is 9.97. The fraction of sp³-hybridized carbons (Fsp3) is 0.348. The van der Waals surface area contributed by atoms with E-state index < -0.39 is 21.6 Å². The van der Waals surface area contributed by atoms with Crippen LogP contribution in [0.4, 0.5) is 0 Å². The van der Waals surface area contributed by atoms with Crippen LogP contribution in [0.5, 0.6) is 0 Å². The maximum absolute atomic E-state index is 13.4. The fourth-order valence-electron chi connectivity index (χ4n) is 3.85. The highest BCUT2D eigenvalue weighted by molar-refractivity contribution is 14.1. The van der Waals surface area contributed by atoms with Crippen molar-refractivity contribution in [3.63, 3.8) is 0 Å². The van der Waals surface area contributed by atoms with Crippen molar-refractivity contribution in [1.29, 1.82) is 0 Å². The summed E-state index contributed by atoms with van der Waals surface area (Å²) in [6.45, 7) is 7.75. The Morgan fingerprint density at radius 3 is 2.61 bits per heavy atom. The summed E-state index contributed by atoms with van der Waals surface area (Å²) >= 11 is 3.80. The van der Waals surface area contributed by atoms with E-state index in [1.54, 1.807) is 11.3 Å². The van der Waals surface area contributed by atoms with E-state index in [1.807, 2.05) is 68.2 Å². The number of ether oxygens (including phenoxy) is 1. The predicted molar refractivity (Wildman–Crippen MR) is 135 cm³/mol. The van der Waals surface area contributed by atoms with Gasteiger partial charge in [0.05, 0.1) is 9.77 Å². The Kier molecular flexibility index (Phi) is 6.13. The molecule has 1 saturated carbocycles. The number of thiophene rings is 1. The minimum atomic E-state index is -0.849. The maximum Gasteiger partial charge on any atom is 0.326 e. The molecule has 1 aliphatic carbocycles. The molecule has 0 spiro atoms. The number of carbonyl (C=O) groups is 1. The number of benzene rings is 1. The minimum Gasteiger partial charge on any atom is -0.459 e. The van der Waals surface area contributed by atoms with Gasteiger partial charge in [0.1, 0.15) is 16.1 Å². The first kappa shape index (κ1) is 22.6. The van der Waals surface area contributed by atoms with Crippen molar-refractivity contribution in [2.45, 2.75) is 49.0 Å². The van der Waals surface area contributed by atoms with Gasteiger partial charge in [-0.2, -0.15) is 5.10 Å². The molecule has 3 atom stereocenters. The maximum atomic E-state index is 13.4. The van der Waals surface area contributed by atoms with Gasteiger partial charge in [-0.05, 0) is 60.9 Å². The first-order chi connectivity index (χ1) is 14.6. The monoisotopic (exact) mass is 566 g/mol. The van der Waals surface area contributed by atoms with E-state index in [1.165, 1.54) is 0 Å². The molecule has 4 rings (SSSR count). The van der Waals surface area contributed by atoms with Crippen LogP contribution in [0.15, 0.2) is 59.1 Å². The first-order valence-corrected chi connectivity index (χ1v) is 13.2. The quantitative estimate of drug-likeness (QED) is 0.271. The molecule has 0 amide bonds. The topological polar surface area (TPSA) is 56.1 Å². The fourth-order valence-corrected chi connectivity index (χ4v) is 6.73. The van der Waals surface area contributed by atoms with E-state index >= 15 is 0 Å². The molecule has 1 N–H and O–H groups in total. The molecule has 5 nitrogen and oxygen atoms in total. The summed E-state index contributed by atoms with van der Waals surface area (Å²) in [5.41, 5.74) is 6.30. The molecule has 0 radical (unpaired) electrons. The Balaban J connectivity index is 1.62. The van der Waals surface area contributed by atoms with Gasteiger partial charge in [-0.15, -0.1) is 11.3 Å². The van der Waals surface area contributed by atoms with Gasteiger partial charge in [-0.1, -0.05) is 47.5 Å². The van der Waals surface area contributed by atoms with Crippen LogP contribution >= 0.6 is 33.9 Å². The zero-order valence-electron chi connectivity index (χ0n) is 17.8. The molecule has 1 unspecified atom stereocenters. The van der Waals surface area contributed by atoms with E-state index in [4.69, 9.17) is 10.4 Å². The Hall–Kier alpha value is -1.58. The standard InChI is InChI=1S/C23H25IN3O2S2/c1-15-20(16-9-7-6-8-10-16)23(15,21(28)29-22(2,3)4)26-31(5)19-12-11-18(30-19)27-14-17(24)13-25-27/h5-15,20,26H,1-4H3/q-1/t15?,20-,23+/m1/s1. The summed E-state index contributed by atoms with van der Waals surface area (Å²) in [4.78, 5) is 13.4. The molecule has 31 heavy (non-hydrogen) atoms. The Morgan fingerprint density at radius 1 is 1.29 bits per heavy atom. The van der Waals surface area contributed by atoms with Gasteiger partial charge in [0.15, 0.2) is 0 Å². The molecule has 2 heterocycles. The van der Waals surface area contributed by atoms with Crippen molar-refractivity contribution in [2.75, 3.05) is 0 Å². The number of aromatic nitrogens is 2. The summed E-state index contributed by atoms with van der Waals surface area (Å²) in [6.07, 6.45) is 3.78. The molecule has 0 aliphatic heterocycles. The second-order valence-corrected chi connectivity index (χ2v) is 12.6. The van der Waals surface area contributed by atoms with Crippen LogP contribution in [-0.4, -0.2) is 26.9 Å². The van der Waals surface area contributed by atoms with Crippen molar-refractivity contribution in [3.05, 3.63) is 64.0 Å². The lowest BCUT2D eigenvalue weighted by atomic mass is 10.1. The van der Waals surface area contributed by atoms with Crippen molar-refractivity contribution in [1.82, 2.24) is 14.5 Å². The Morgan fingerprint density at radius 2 is 2.00 bits per heavy atom. The molecule has 1 aliphatic rings. The third kappa shape index (κ3) is 4.50. The summed E-state index contributed by atoms with van der Waals surface area (Å²) in [5.74, 6) is -0.174. The number of hydrogen-bond donors (Lipinski definition) is 1. The molecular weight excluding hydrogens is 541 g/mol. The summed E-state index contributed by atoms with van der Waals surface area (Å²) in [7, 11) is -0.826. The number of halogens is 1. The molecule has 3 aromatic rings. The minimum absolute atomic E-state index is 0.00854. The van der Waals surface area contributed by atoms with Crippen LogP contribution in [0.3, 0.4) is 0 Å². The van der Waals surface area contributed by atoms with E-state index in [2.05, 4.69) is 51.5 Å². The lowest BCUT2D eigenvalue weighted by Gasteiger charge is -2.31.